The van der Waals surface area contributed by atoms with Gasteiger partial charge in [0.25, 0.3) is 0 Å². The maximum atomic E-state index is 10.9. The molecule has 0 aromatic heterocycles. The third-order valence-electron chi connectivity index (χ3n) is 3.83. The summed E-state index contributed by atoms with van der Waals surface area (Å²) in [5.74, 6) is 0.754. The first-order valence-corrected chi connectivity index (χ1v) is 7.06. The molecule has 4 nitrogen and oxygen atoms in total. The molecule has 1 fully saturated rings. The normalized spacial score (nSPS) is 20.0. The fraction of sp³-hybridized carbons (Fsp3) is 0.294. The van der Waals surface area contributed by atoms with Crippen LogP contribution in [0.15, 0.2) is 48.5 Å². The Hall–Kier alpha value is -2.36. The Bertz CT molecular complexity index is 654. The molecule has 0 aliphatic heterocycles. The lowest BCUT2D eigenvalue weighted by Crippen LogP contribution is -2.04. The molecule has 2 aromatic rings. The number of benzene rings is 2. The highest BCUT2D eigenvalue weighted by Crippen LogP contribution is 2.46. The van der Waals surface area contributed by atoms with Crippen molar-refractivity contribution in [1.29, 1.82) is 0 Å². The van der Waals surface area contributed by atoms with E-state index >= 15 is 0 Å². The van der Waals surface area contributed by atoms with Gasteiger partial charge in [0.15, 0.2) is 0 Å². The lowest BCUT2D eigenvalue weighted by atomic mass is 10.1. The second-order valence-electron chi connectivity index (χ2n) is 5.51. The van der Waals surface area contributed by atoms with E-state index in [2.05, 4.69) is 0 Å². The summed E-state index contributed by atoms with van der Waals surface area (Å²) in [4.78, 5) is 10.7. The van der Waals surface area contributed by atoms with E-state index in [9.17, 15) is 10.1 Å². The van der Waals surface area contributed by atoms with Crippen molar-refractivity contribution in [2.24, 2.45) is 0 Å². The molecule has 21 heavy (non-hydrogen) atoms. The van der Waals surface area contributed by atoms with Gasteiger partial charge in [0, 0.05) is 16.9 Å². The molecule has 2 unspecified atom stereocenters. The van der Waals surface area contributed by atoms with E-state index in [-0.39, 0.29) is 10.8 Å². The summed E-state index contributed by atoms with van der Waals surface area (Å²) in [6.45, 7) is 2.47. The van der Waals surface area contributed by atoms with Gasteiger partial charge in [-0.3, -0.25) is 10.1 Å². The Kier molecular flexibility index (Phi) is 3.60. The lowest BCUT2D eigenvalue weighted by molar-refractivity contribution is -0.496. The molecule has 0 radical (unpaired) electrons. The zero-order valence-electron chi connectivity index (χ0n) is 11.9. The number of rotatable bonds is 5. The summed E-state index contributed by atoms with van der Waals surface area (Å²) >= 11 is 0. The van der Waals surface area contributed by atoms with Crippen LogP contribution in [-0.2, 0) is 6.61 Å². The van der Waals surface area contributed by atoms with E-state index in [1.54, 1.807) is 0 Å². The van der Waals surface area contributed by atoms with Crippen LogP contribution in [0.2, 0.25) is 0 Å². The van der Waals surface area contributed by atoms with Crippen molar-refractivity contribution in [2.75, 3.05) is 0 Å². The van der Waals surface area contributed by atoms with E-state index in [0.29, 0.717) is 13.0 Å². The molecule has 0 N–H and O–H groups in total. The summed E-state index contributed by atoms with van der Waals surface area (Å²) in [6.07, 6.45) is 0.609. The monoisotopic (exact) mass is 283 g/mol. The van der Waals surface area contributed by atoms with E-state index in [0.717, 1.165) is 22.4 Å². The summed E-state index contributed by atoms with van der Waals surface area (Å²) in [5, 5.41) is 10.9. The molecule has 0 spiro atoms. The fourth-order valence-electron chi connectivity index (χ4n) is 2.57. The number of nitrogens with zero attached hydrogens (tertiary/aromatic N) is 1. The first-order valence-electron chi connectivity index (χ1n) is 7.06. The highest BCUT2D eigenvalue weighted by Gasteiger charge is 2.50. The Labute approximate surface area is 123 Å². The molecule has 0 saturated heterocycles. The van der Waals surface area contributed by atoms with Gasteiger partial charge in [0.05, 0.1) is 5.92 Å². The molecule has 108 valence electrons. The second-order valence-corrected chi connectivity index (χ2v) is 5.51. The quantitative estimate of drug-likeness (QED) is 0.621. The summed E-state index contributed by atoms with van der Waals surface area (Å²) in [6, 6.07) is 15.4. The second kappa shape index (κ2) is 5.56. The smallest absolute Gasteiger partial charge is 0.221 e. The number of nitro groups is 1. The van der Waals surface area contributed by atoms with Gasteiger partial charge >= 0.3 is 0 Å². The maximum absolute atomic E-state index is 10.9. The molecule has 4 heteroatoms. The average Bonchev–Trinajstić information content (AvgIpc) is 3.27. The van der Waals surface area contributed by atoms with E-state index < -0.39 is 6.04 Å². The van der Waals surface area contributed by atoms with E-state index in [1.807, 2.05) is 55.5 Å². The van der Waals surface area contributed by atoms with Gasteiger partial charge in [0.1, 0.15) is 12.4 Å². The van der Waals surface area contributed by atoms with Crippen LogP contribution in [0.3, 0.4) is 0 Å². The molecule has 1 saturated carbocycles. The van der Waals surface area contributed by atoms with Crippen LogP contribution in [-0.4, -0.2) is 11.0 Å². The predicted molar refractivity (Wildman–Crippen MR) is 80.1 cm³/mol. The third kappa shape index (κ3) is 3.05. The van der Waals surface area contributed by atoms with Gasteiger partial charge in [0.2, 0.25) is 6.04 Å². The number of aryl methyl sites for hydroxylation is 1. The minimum atomic E-state index is -0.453. The first-order chi connectivity index (χ1) is 10.1. The molecular weight excluding hydrogens is 266 g/mol. The van der Waals surface area contributed by atoms with Crippen molar-refractivity contribution in [2.45, 2.75) is 31.9 Å². The Morgan fingerprint density at radius 2 is 2.00 bits per heavy atom. The topological polar surface area (TPSA) is 52.4 Å². The zero-order valence-corrected chi connectivity index (χ0v) is 11.9. The minimum Gasteiger partial charge on any atom is -0.489 e. The third-order valence-corrected chi connectivity index (χ3v) is 3.83. The molecule has 0 bridgehead atoms. The van der Waals surface area contributed by atoms with Crippen molar-refractivity contribution in [3.63, 3.8) is 0 Å². The number of hydrogen-bond acceptors (Lipinski definition) is 3. The van der Waals surface area contributed by atoms with Crippen LogP contribution in [0.1, 0.15) is 29.0 Å². The Balaban J connectivity index is 1.77. The lowest BCUT2D eigenvalue weighted by Gasteiger charge is -2.11. The molecular formula is C17H17NO3. The van der Waals surface area contributed by atoms with Crippen LogP contribution < -0.4 is 4.74 Å². The molecule has 2 atom stereocenters. The Morgan fingerprint density at radius 1 is 1.24 bits per heavy atom. The highest BCUT2D eigenvalue weighted by atomic mass is 16.6. The fourth-order valence-corrected chi connectivity index (χ4v) is 2.57. The van der Waals surface area contributed by atoms with Crippen LogP contribution in [0.5, 0.6) is 5.75 Å². The van der Waals surface area contributed by atoms with Crippen molar-refractivity contribution in [3.05, 3.63) is 75.3 Å². The summed E-state index contributed by atoms with van der Waals surface area (Å²) in [5.41, 5.74) is 3.16. The van der Waals surface area contributed by atoms with Crippen molar-refractivity contribution in [3.8, 4) is 5.75 Å². The molecule has 0 heterocycles. The Morgan fingerprint density at radius 3 is 2.67 bits per heavy atom. The average molecular weight is 283 g/mol. The van der Waals surface area contributed by atoms with Crippen LogP contribution in [0.4, 0.5) is 0 Å². The summed E-state index contributed by atoms with van der Waals surface area (Å²) in [7, 11) is 0. The van der Waals surface area contributed by atoms with Gasteiger partial charge in [-0.05, 0) is 18.6 Å². The molecule has 2 aromatic carbocycles. The van der Waals surface area contributed by atoms with Crippen LogP contribution in [0, 0.1) is 17.0 Å². The summed E-state index contributed by atoms with van der Waals surface area (Å²) < 4.78 is 5.88. The standard InChI is InChI=1S/C17H17NO3/c1-12-7-8-17(21-11-13-5-3-2-4-6-13)15(9-12)14-10-16(14)18(19)20/h2-9,14,16H,10-11H2,1H3. The highest BCUT2D eigenvalue weighted by molar-refractivity contribution is 5.43. The predicted octanol–water partition coefficient (Wildman–Crippen LogP) is 3.71. The SMILES string of the molecule is Cc1ccc(OCc2ccccc2)c(C2CC2[N+](=O)[O-])c1. The van der Waals surface area contributed by atoms with E-state index in [4.69, 9.17) is 4.74 Å². The maximum Gasteiger partial charge on any atom is 0.221 e. The van der Waals surface area contributed by atoms with Gasteiger partial charge in [-0.25, -0.2) is 0 Å². The minimum absolute atomic E-state index is 0.00864. The van der Waals surface area contributed by atoms with Gasteiger partial charge in [-0.1, -0.05) is 48.0 Å². The van der Waals surface area contributed by atoms with Crippen LogP contribution in [0.25, 0.3) is 0 Å². The molecule has 1 aliphatic rings. The van der Waals surface area contributed by atoms with Gasteiger partial charge < -0.3 is 4.74 Å². The first kappa shape index (κ1) is 13.6. The molecule has 3 rings (SSSR count). The van der Waals surface area contributed by atoms with Crippen molar-refractivity contribution < 1.29 is 9.66 Å². The number of hydrogen-bond donors (Lipinski definition) is 0. The van der Waals surface area contributed by atoms with Crippen molar-refractivity contribution in [1.82, 2.24) is 0 Å². The van der Waals surface area contributed by atoms with Crippen molar-refractivity contribution >= 4 is 0 Å². The van der Waals surface area contributed by atoms with Gasteiger partial charge in [-0.15, -0.1) is 0 Å². The van der Waals surface area contributed by atoms with Gasteiger partial charge in [-0.2, -0.15) is 0 Å². The molecule has 1 aliphatic carbocycles. The molecule has 0 amide bonds. The largest absolute Gasteiger partial charge is 0.489 e. The zero-order chi connectivity index (χ0) is 14.8. The van der Waals surface area contributed by atoms with E-state index in [1.165, 1.54) is 0 Å². The number of ether oxygens (including phenoxy) is 1. The van der Waals surface area contributed by atoms with Crippen LogP contribution >= 0.6 is 0 Å².